The van der Waals surface area contributed by atoms with Crippen LogP contribution in [0.5, 0.6) is 5.75 Å². The van der Waals surface area contributed by atoms with Crippen LogP contribution >= 0.6 is 0 Å². The van der Waals surface area contributed by atoms with Gasteiger partial charge in [0.1, 0.15) is 24.1 Å². The van der Waals surface area contributed by atoms with Crippen LogP contribution < -0.4 is 15.4 Å². The van der Waals surface area contributed by atoms with Gasteiger partial charge < -0.3 is 15.4 Å². The van der Waals surface area contributed by atoms with Gasteiger partial charge in [-0.05, 0) is 25.0 Å². The van der Waals surface area contributed by atoms with E-state index in [4.69, 9.17) is 15.5 Å². The van der Waals surface area contributed by atoms with Crippen molar-refractivity contribution in [2.75, 3.05) is 30.8 Å². The third-order valence-corrected chi connectivity index (χ3v) is 5.46. The Hall–Kier alpha value is -3.64. The van der Waals surface area contributed by atoms with Crippen molar-refractivity contribution in [2.24, 2.45) is 0 Å². The van der Waals surface area contributed by atoms with Crippen LogP contribution in [0.3, 0.4) is 0 Å². The molecule has 1 aliphatic rings. The summed E-state index contributed by atoms with van der Waals surface area (Å²) in [5, 5.41) is 9.33. The Morgan fingerprint density at radius 1 is 1.22 bits per heavy atom. The van der Waals surface area contributed by atoms with E-state index in [9.17, 15) is 13.2 Å². The normalized spacial score (nSPS) is 17.4. The lowest BCUT2D eigenvalue weighted by Crippen LogP contribution is -2.35. The monoisotopic (exact) mass is 447 g/mol. The lowest BCUT2D eigenvalue weighted by atomic mass is 9.98. The van der Waals surface area contributed by atoms with Crippen LogP contribution in [0.15, 0.2) is 24.5 Å². The number of nitrogens with two attached hydrogens (primary N) is 1. The maximum atomic E-state index is 12.6. The predicted molar refractivity (Wildman–Crippen MR) is 110 cm³/mol. The minimum absolute atomic E-state index is 0.0572. The zero-order valence-corrected chi connectivity index (χ0v) is 17.1. The number of hydrogen-bond acceptors (Lipinski definition) is 8. The molecule has 1 fully saturated rings. The van der Waals surface area contributed by atoms with Crippen LogP contribution in [0, 0.1) is 0 Å². The molecule has 3 aromatic heterocycles. The average molecular weight is 447 g/mol. The molecule has 1 aliphatic heterocycles. The molecule has 168 valence electrons. The highest BCUT2D eigenvalue weighted by Gasteiger charge is 2.31. The summed E-state index contributed by atoms with van der Waals surface area (Å²) >= 11 is 0. The maximum absolute atomic E-state index is 12.6. The zero-order chi connectivity index (χ0) is 22.5. The molecule has 13 heteroatoms. The van der Waals surface area contributed by atoms with Gasteiger partial charge in [-0.15, -0.1) is 10.2 Å². The molecular weight excluding hydrogens is 427 g/mol. The fourth-order valence-corrected chi connectivity index (χ4v) is 4.04. The fourth-order valence-electron chi connectivity index (χ4n) is 4.04. The molecule has 1 atom stereocenters. The number of rotatable bonds is 4. The smallest absolute Gasteiger partial charge is 0.408 e. The predicted octanol–water partition coefficient (Wildman–Crippen LogP) is 2.41. The first-order valence-electron chi connectivity index (χ1n) is 10.0. The van der Waals surface area contributed by atoms with Crippen LogP contribution in [0.1, 0.15) is 24.6 Å². The van der Waals surface area contributed by atoms with Crippen LogP contribution in [0.4, 0.5) is 25.1 Å². The number of piperidine rings is 1. The van der Waals surface area contributed by atoms with Gasteiger partial charge in [-0.1, -0.05) is 6.07 Å². The van der Waals surface area contributed by atoms with E-state index in [1.54, 1.807) is 13.2 Å². The molecule has 32 heavy (non-hydrogen) atoms. The van der Waals surface area contributed by atoms with Gasteiger partial charge in [-0.25, -0.2) is 19.6 Å². The SMILES string of the molecule is COc1cccc2c1nc(N)n1nc([C@@H]3CCCN(c4ncn(CC(F)(F)F)n4)C3)nc21. The molecule has 0 saturated carbocycles. The Balaban J connectivity index is 1.45. The van der Waals surface area contributed by atoms with E-state index in [0.717, 1.165) is 29.2 Å². The average Bonchev–Trinajstić information content (AvgIpc) is 3.40. The minimum atomic E-state index is -4.35. The van der Waals surface area contributed by atoms with Crippen molar-refractivity contribution in [3.05, 3.63) is 30.4 Å². The number of nitrogens with zero attached hydrogens (tertiary/aromatic N) is 8. The lowest BCUT2D eigenvalue weighted by Gasteiger charge is -2.30. The standard InChI is InChI=1S/C19H20F3N9O/c1-32-13-6-2-5-12-14(13)25-17(23)31-16(12)26-15(27-31)11-4-3-7-29(8-11)18-24-10-30(28-18)9-19(20,21)22/h2,5-6,10-11H,3-4,7-9H2,1H3,(H2,23,25)/t11-/m1/s1. The minimum Gasteiger partial charge on any atom is -0.494 e. The van der Waals surface area contributed by atoms with Gasteiger partial charge in [0.15, 0.2) is 11.5 Å². The molecule has 0 amide bonds. The van der Waals surface area contributed by atoms with E-state index in [1.165, 1.54) is 4.52 Å². The summed E-state index contributed by atoms with van der Waals surface area (Å²) in [6.07, 6.45) is -1.63. The molecule has 10 nitrogen and oxygen atoms in total. The quantitative estimate of drug-likeness (QED) is 0.508. The van der Waals surface area contributed by atoms with Crippen molar-refractivity contribution in [2.45, 2.75) is 31.5 Å². The van der Waals surface area contributed by atoms with E-state index in [1.807, 2.05) is 17.0 Å². The highest BCUT2D eigenvalue weighted by molar-refractivity contribution is 5.95. The van der Waals surface area contributed by atoms with Gasteiger partial charge in [0.25, 0.3) is 0 Å². The Labute approximate surface area is 179 Å². The first kappa shape index (κ1) is 20.3. The number of fused-ring (bicyclic) bond motifs is 3. The maximum Gasteiger partial charge on any atom is 0.408 e. The number of para-hydroxylation sites is 1. The topological polar surface area (TPSA) is 112 Å². The van der Waals surface area contributed by atoms with E-state index in [0.29, 0.717) is 35.8 Å². The molecule has 0 unspecified atom stereocenters. The third-order valence-electron chi connectivity index (χ3n) is 5.46. The Bertz CT molecular complexity index is 1280. The van der Waals surface area contributed by atoms with Crippen LogP contribution in [0.2, 0.25) is 0 Å². The van der Waals surface area contributed by atoms with Crippen LogP contribution in [-0.4, -0.2) is 60.7 Å². The molecule has 0 aliphatic carbocycles. The Kier molecular flexibility index (Phi) is 4.75. The number of hydrogen-bond donors (Lipinski definition) is 1. The van der Waals surface area contributed by atoms with Crippen molar-refractivity contribution >= 4 is 28.4 Å². The second-order valence-electron chi connectivity index (χ2n) is 7.67. The van der Waals surface area contributed by atoms with Crippen molar-refractivity contribution in [1.82, 2.24) is 34.3 Å². The number of aromatic nitrogens is 7. The molecule has 0 radical (unpaired) electrons. The number of alkyl halides is 3. The highest BCUT2D eigenvalue weighted by atomic mass is 19.4. The summed E-state index contributed by atoms with van der Waals surface area (Å²) in [5.74, 6) is 1.58. The van der Waals surface area contributed by atoms with Gasteiger partial charge in [0.2, 0.25) is 11.9 Å². The van der Waals surface area contributed by atoms with E-state index in [-0.39, 0.29) is 17.8 Å². The third kappa shape index (κ3) is 3.63. The van der Waals surface area contributed by atoms with E-state index < -0.39 is 12.7 Å². The number of halogens is 3. The Morgan fingerprint density at radius 3 is 2.84 bits per heavy atom. The second-order valence-corrected chi connectivity index (χ2v) is 7.67. The summed E-state index contributed by atoms with van der Waals surface area (Å²) in [7, 11) is 1.56. The van der Waals surface area contributed by atoms with Crippen LogP contribution in [-0.2, 0) is 6.54 Å². The number of ether oxygens (including phenoxy) is 1. The molecule has 1 aromatic carbocycles. The van der Waals surface area contributed by atoms with Crippen molar-refractivity contribution in [3.8, 4) is 5.75 Å². The summed E-state index contributed by atoms with van der Waals surface area (Å²) in [6, 6.07) is 5.52. The van der Waals surface area contributed by atoms with Crippen molar-refractivity contribution in [1.29, 1.82) is 0 Å². The molecule has 4 heterocycles. The Morgan fingerprint density at radius 2 is 2.06 bits per heavy atom. The number of benzene rings is 1. The second kappa shape index (κ2) is 7.50. The molecule has 4 aromatic rings. The van der Waals surface area contributed by atoms with Crippen LogP contribution in [0.25, 0.3) is 16.6 Å². The zero-order valence-electron chi connectivity index (χ0n) is 17.1. The van der Waals surface area contributed by atoms with Gasteiger partial charge in [-0.3, -0.25) is 0 Å². The lowest BCUT2D eigenvalue weighted by molar-refractivity contribution is -0.142. The van der Waals surface area contributed by atoms with Gasteiger partial charge in [0.05, 0.1) is 7.11 Å². The van der Waals surface area contributed by atoms with Crippen molar-refractivity contribution in [3.63, 3.8) is 0 Å². The molecule has 0 spiro atoms. The van der Waals surface area contributed by atoms with Gasteiger partial charge in [0, 0.05) is 24.4 Å². The fraction of sp³-hybridized carbons (Fsp3) is 0.421. The largest absolute Gasteiger partial charge is 0.494 e. The summed E-state index contributed by atoms with van der Waals surface area (Å²) in [6.45, 7) is -0.0424. The van der Waals surface area contributed by atoms with Crippen molar-refractivity contribution < 1.29 is 17.9 Å². The first-order valence-corrected chi connectivity index (χ1v) is 10.0. The molecule has 0 bridgehead atoms. The molecule has 2 N–H and O–H groups in total. The molecule has 5 rings (SSSR count). The highest BCUT2D eigenvalue weighted by Crippen LogP contribution is 2.31. The van der Waals surface area contributed by atoms with Gasteiger partial charge in [-0.2, -0.15) is 17.7 Å². The number of nitrogen functional groups attached to an aromatic ring is 1. The van der Waals surface area contributed by atoms with E-state index >= 15 is 0 Å². The molecule has 1 saturated heterocycles. The number of methoxy groups -OCH3 is 1. The summed E-state index contributed by atoms with van der Waals surface area (Å²) in [5.41, 5.74) is 7.30. The van der Waals surface area contributed by atoms with E-state index in [2.05, 4.69) is 20.2 Å². The summed E-state index contributed by atoms with van der Waals surface area (Å²) in [4.78, 5) is 15.1. The summed E-state index contributed by atoms with van der Waals surface area (Å²) < 4.78 is 45.6. The van der Waals surface area contributed by atoms with Gasteiger partial charge >= 0.3 is 6.18 Å². The first-order chi connectivity index (χ1) is 15.3. The number of anilines is 2. The molecular formula is C19H20F3N9O.